The van der Waals surface area contributed by atoms with Crippen molar-refractivity contribution >= 4 is 0 Å². The second-order valence-corrected chi connectivity index (χ2v) is 3.35. The third-order valence-corrected chi connectivity index (χ3v) is 2.41. The lowest BCUT2D eigenvalue weighted by molar-refractivity contribution is 0.150. The minimum atomic E-state index is -0.199. The third kappa shape index (κ3) is 1.54. The molecule has 64 valence electrons. The number of nitrogens with one attached hydrogen (secondary N) is 3. The molecular weight excluding hydrogens is 142 g/mol. The van der Waals surface area contributed by atoms with E-state index in [9.17, 15) is 5.11 Å². The molecule has 0 saturated carbocycles. The summed E-state index contributed by atoms with van der Waals surface area (Å²) in [6, 6.07) is 0.844. The van der Waals surface area contributed by atoms with Crippen LogP contribution in [-0.2, 0) is 0 Å². The van der Waals surface area contributed by atoms with Crippen LogP contribution in [0.3, 0.4) is 0 Å². The molecule has 2 aliphatic rings. The van der Waals surface area contributed by atoms with Gasteiger partial charge in [0.15, 0.2) is 0 Å². The zero-order valence-corrected chi connectivity index (χ0v) is 6.51. The van der Waals surface area contributed by atoms with Crippen LogP contribution in [0.4, 0.5) is 0 Å². The summed E-state index contributed by atoms with van der Waals surface area (Å²) < 4.78 is 0. The summed E-state index contributed by atoms with van der Waals surface area (Å²) in [6.07, 6.45) is -0.199. The van der Waals surface area contributed by atoms with Gasteiger partial charge >= 0.3 is 0 Å². The van der Waals surface area contributed by atoms with Crippen molar-refractivity contribution in [3.05, 3.63) is 0 Å². The van der Waals surface area contributed by atoms with Crippen LogP contribution < -0.4 is 16.0 Å². The van der Waals surface area contributed by atoms with Gasteiger partial charge in [-0.05, 0) is 0 Å². The number of hydrogen-bond acceptors (Lipinski definition) is 4. The minimum absolute atomic E-state index is 0.199. The standard InChI is InChI=1S/C7H15N3O/c11-7-4-9-3-6(7)10-5-1-8-2-5/h5-11H,1-4H2/t6-,7-/m1/s1. The van der Waals surface area contributed by atoms with E-state index in [1.807, 2.05) is 0 Å². The van der Waals surface area contributed by atoms with Gasteiger partial charge < -0.3 is 21.1 Å². The van der Waals surface area contributed by atoms with E-state index in [-0.39, 0.29) is 12.1 Å². The predicted octanol–water partition coefficient (Wildman–Crippen LogP) is -2.12. The van der Waals surface area contributed by atoms with Crippen molar-refractivity contribution in [3.63, 3.8) is 0 Å². The highest BCUT2D eigenvalue weighted by molar-refractivity contribution is 4.92. The van der Waals surface area contributed by atoms with E-state index in [4.69, 9.17) is 0 Å². The van der Waals surface area contributed by atoms with Crippen molar-refractivity contribution < 1.29 is 5.11 Å². The lowest BCUT2D eigenvalue weighted by Crippen LogP contribution is -2.60. The van der Waals surface area contributed by atoms with Crippen LogP contribution in [0.1, 0.15) is 0 Å². The van der Waals surface area contributed by atoms with Crippen molar-refractivity contribution in [2.75, 3.05) is 26.2 Å². The molecule has 0 bridgehead atoms. The fourth-order valence-corrected chi connectivity index (χ4v) is 1.54. The molecule has 0 spiro atoms. The van der Waals surface area contributed by atoms with Gasteiger partial charge in [0, 0.05) is 38.3 Å². The lowest BCUT2D eigenvalue weighted by Gasteiger charge is -2.31. The third-order valence-electron chi connectivity index (χ3n) is 2.41. The first kappa shape index (κ1) is 7.49. The molecule has 0 unspecified atom stereocenters. The van der Waals surface area contributed by atoms with Crippen molar-refractivity contribution in [1.82, 2.24) is 16.0 Å². The average molecular weight is 157 g/mol. The van der Waals surface area contributed by atoms with Crippen LogP contribution in [0.5, 0.6) is 0 Å². The maximum absolute atomic E-state index is 9.41. The van der Waals surface area contributed by atoms with Gasteiger partial charge in [-0.1, -0.05) is 0 Å². The Kier molecular flexibility index (Phi) is 2.09. The van der Waals surface area contributed by atoms with Gasteiger partial charge in [0.05, 0.1) is 6.10 Å². The summed E-state index contributed by atoms with van der Waals surface area (Å²) in [5, 5.41) is 19.1. The molecule has 0 amide bonds. The molecule has 2 fully saturated rings. The summed E-state index contributed by atoms with van der Waals surface area (Å²) in [7, 11) is 0. The van der Waals surface area contributed by atoms with Crippen LogP contribution in [0.25, 0.3) is 0 Å². The van der Waals surface area contributed by atoms with E-state index in [1.54, 1.807) is 0 Å². The Morgan fingerprint density at radius 2 is 1.82 bits per heavy atom. The average Bonchev–Trinajstić information content (AvgIpc) is 2.27. The van der Waals surface area contributed by atoms with Crippen LogP contribution in [0.15, 0.2) is 0 Å². The SMILES string of the molecule is O[C@@H]1CNC[C@H]1NC1CNC1. The molecule has 4 nitrogen and oxygen atoms in total. The molecule has 2 saturated heterocycles. The first-order valence-corrected chi connectivity index (χ1v) is 4.22. The summed E-state index contributed by atoms with van der Waals surface area (Å²) in [6.45, 7) is 3.72. The lowest BCUT2D eigenvalue weighted by atomic mass is 10.1. The molecule has 2 atom stereocenters. The van der Waals surface area contributed by atoms with Gasteiger partial charge in [-0.25, -0.2) is 0 Å². The van der Waals surface area contributed by atoms with Crippen LogP contribution in [-0.4, -0.2) is 49.5 Å². The largest absolute Gasteiger partial charge is 0.390 e. The van der Waals surface area contributed by atoms with E-state index in [0.29, 0.717) is 6.04 Å². The maximum Gasteiger partial charge on any atom is 0.0829 e. The van der Waals surface area contributed by atoms with Gasteiger partial charge in [0.1, 0.15) is 0 Å². The molecule has 0 aromatic carbocycles. The van der Waals surface area contributed by atoms with E-state index in [1.165, 1.54) is 0 Å². The van der Waals surface area contributed by atoms with E-state index >= 15 is 0 Å². The number of β-amino-alcohol motifs (C(OH)–C–C–N with tert-alkyl or cyclic N) is 1. The van der Waals surface area contributed by atoms with Crippen molar-refractivity contribution in [3.8, 4) is 0 Å². The van der Waals surface area contributed by atoms with Crippen LogP contribution in [0.2, 0.25) is 0 Å². The topological polar surface area (TPSA) is 56.3 Å². The van der Waals surface area contributed by atoms with Crippen LogP contribution in [0, 0.1) is 0 Å². The summed E-state index contributed by atoms with van der Waals surface area (Å²) in [5.74, 6) is 0. The Labute approximate surface area is 66.4 Å². The Balaban J connectivity index is 1.75. The van der Waals surface area contributed by atoms with Gasteiger partial charge in [0.25, 0.3) is 0 Å². The monoisotopic (exact) mass is 157 g/mol. The molecule has 4 N–H and O–H groups in total. The number of hydrogen-bond donors (Lipinski definition) is 4. The number of rotatable bonds is 2. The molecule has 4 heteroatoms. The Morgan fingerprint density at radius 3 is 2.27 bits per heavy atom. The Hall–Kier alpha value is -0.160. The molecule has 11 heavy (non-hydrogen) atoms. The maximum atomic E-state index is 9.41. The van der Waals surface area contributed by atoms with E-state index in [2.05, 4.69) is 16.0 Å². The second kappa shape index (κ2) is 3.06. The zero-order valence-electron chi connectivity index (χ0n) is 6.51. The molecular formula is C7H15N3O. The molecule has 2 aliphatic heterocycles. The highest BCUT2D eigenvalue weighted by Gasteiger charge is 2.28. The zero-order chi connectivity index (χ0) is 7.68. The summed E-state index contributed by atoms with van der Waals surface area (Å²) in [5.41, 5.74) is 0. The van der Waals surface area contributed by atoms with Crippen molar-refractivity contribution in [2.24, 2.45) is 0 Å². The molecule has 2 rings (SSSR count). The number of aliphatic hydroxyl groups is 1. The fraction of sp³-hybridized carbons (Fsp3) is 1.00. The van der Waals surface area contributed by atoms with Gasteiger partial charge in [0.2, 0.25) is 0 Å². The predicted molar refractivity (Wildman–Crippen MR) is 42.5 cm³/mol. The van der Waals surface area contributed by atoms with Crippen molar-refractivity contribution in [1.29, 1.82) is 0 Å². The van der Waals surface area contributed by atoms with Crippen LogP contribution >= 0.6 is 0 Å². The smallest absolute Gasteiger partial charge is 0.0829 e. The first-order valence-electron chi connectivity index (χ1n) is 4.22. The Bertz CT molecular complexity index is 138. The molecule has 0 aliphatic carbocycles. The Morgan fingerprint density at radius 1 is 1.09 bits per heavy atom. The normalized spacial score (nSPS) is 39.0. The highest BCUT2D eigenvalue weighted by Crippen LogP contribution is 2.02. The summed E-state index contributed by atoms with van der Waals surface area (Å²) >= 11 is 0. The molecule has 0 aromatic rings. The number of aliphatic hydroxyl groups excluding tert-OH is 1. The molecule has 0 radical (unpaired) electrons. The van der Waals surface area contributed by atoms with Gasteiger partial charge in [-0.3, -0.25) is 0 Å². The van der Waals surface area contributed by atoms with E-state index in [0.717, 1.165) is 26.2 Å². The highest BCUT2D eigenvalue weighted by atomic mass is 16.3. The quantitative estimate of drug-likeness (QED) is 0.370. The van der Waals surface area contributed by atoms with E-state index < -0.39 is 0 Å². The summed E-state index contributed by atoms with van der Waals surface area (Å²) in [4.78, 5) is 0. The molecule has 2 heterocycles. The van der Waals surface area contributed by atoms with Gasteiger partial charge in [-0.15, -0.1) is 0 Å². The molecule has 0 aromatic heterocycles. The van der Waals surface area contributed by atoms with Crippen molar-refractivity contribution in [2.45, 2.75) is 18.2 Å². The fourth-order valence-electron chi connectivity index (χ4n) is 1.54. The van der Waals surface area contributed by atoms with Gasteiger partial charge in [-0.2, -0.15) is 0 Å². The first-order chi connectivity index (χ1) is 5.36. The minimum Gasteiger partial charge on any atom is -0.390 e. The second-order valence-electron chi connectivity index (χ2n) is 3.35.